The predicted octanol–water partition coefficient (Wildman–Crippen LogP) is 3.83. The number of rotatable bonds is 1. The lowest BCUT2D eigenvalue weighted by Gasteiger charge is -2.33. The third-order valence-corrected chi connectivity index (χ3v) is 4.65. The molecule has 1 amide bonds. The molecular weight excluding hydrogens is 276 g/mol. The van der Waals surface area contributed by atoms with Crippen LogP contribution in [0, 0.1) is 6.92 Å². The molecule has 0 saturated heterocycles. The van der Waals surface area contributed by atoms with E-state index in [9.17, 15) is 4.79 Å². The molecule has 112 valence electrons. The van der Waals surface area contributed by atoms with Gasteiger partial charge in [0.15, 0.2) is 5.76 Å². The molecule has 1 N–H and O–H groups in total. The summed E-state index contributed by atoms with van der Waals surface area (Å²) in [5.74, 6) is 0.422. The molecule has 4 heteroatoms. The highest BCUT2D eigenvalue weighted by atomic mass is 16.3. The number of aromatic nitrogens is 1. The number of carbonyl (C=O) groups is 1. The van der Waals surface area contributed by atoms with Gasteiger partial charge in [-0.1, -0.05) is 18.2 Å². The highest BCUT2D eigenvalue weighted by Crippen LogP contribution is 2.35. The summed E-state index contributed by atoms with van der Waals surface area (Å²) in [5.41, 5.74) is 4.51. The lowest BCUT2D eigenvalue weighted by Crippen LogP contribution is -2.38. The second-order valence-corrected chi connectivity index (χ2v) is 5.92. The van der Waals surface area contributed by atoms with Crippen molar-refractivity contribution in [3.05, 3.63) is 59.2 Å². The quantitative estimate of drug-likeness (QED) is 0.741. The lowest BCUT2D eigenvalue weighted by molar-refractivity contribution is 0.0641. The van der Waals surface area contributed by atoms with Crippen molar-refractivity contribution >= 4 is 16.8 Å². The Morgan fingerprint density at radius 1 is 1.32 bits per heavy atom. The highest BCUT2D eigenvalue weighted by molar-refractivity contribution is 5.94. The van der Waals surface area contributed by atoms with Gasteiger partial charge in [0.2, 0.25) is 0 Å². The van der Waals surface area contributed by atoms with Crippen molar-refractivity contribution in [3.63, 3.8) is 0 Å². The normalized spacial score (nSPS) is 17.7. The van der Waals surface area contributed by atoms with Crippen LogP contribution in [-0.4, -0.2) is 22.3 Å². The van der Waals surface area contributed by atoms with Crippen LogP contribution in [0.2, 0.25) is 0 Å². The van der Waals surface area contributed by atoms with E-state index in [0.29, 0.717) is 5.76 Å². The van der Waals surface area contributed by atoms with Crippen LogP contribution >= 0.6 is 0 Å². The van der Waals surface area contributed by atoms with E-state index in [1.165, 1.54) is 10.9 Å². The maximum absolute atomic E-state index is 12.7. The first-order valence-corrected chi connectivity index (χ1v) is 7.61. The SMILES string of the molecule is Cc1ccoc1C(=O)N1CCc2c([nH]c3ccccc23)C1C. The molecule has 0 fully saturated rings. The number of hydrogen-bond donors (Lipinski definition) is 1. The minimum absolute atomic E-state index is 0.0214. The van der Waals surface area contributed by atoms with Crippen LogP contribution in [0.5, 0.6) is 0 Å². The summed E-state index contributed by atoms with van der Waals surface area (Å²) < 4.78 is 5.37. The zero-order valence-electron chi connectivity index (χ0n) is 12.7. The minimum Gasteiger partial charge on any atom is -0.459 e. The average molecular weight is 294 g/mol. The van der Waals surface area contributed by atoms with E-state index in [4.69, 9.17) is 4.42 Å². The van der Waals surface area contributed by atoms with E-state index in [-0.39, 0.29) is 11.9 Å². The van der Waals surface area contributed by atoms with Gasteiger partial charge >= 0.3 is 0 Å². The minimum atomic E-state index is -0.0284. The summed E-state index contributed by atoms with van der Waals surface area (Å²) in [6.07, 6.45) is 2.45. The van der Waals surface area contributed by atoms with Gasteiger partial charge in [-0.05, 0) is 38.0 Å². The van der Waals surface area contributed by atoms with Gasteiger partial charge in [0.1, 0.15) is 0 Å². The fourth-order valence-electron chi connectivity index (χ4n) is 3.43. The number of para-hydroxylation sites is 1. The van der Waals surface area contributed by atoms with Crippen LogP contribution in [0.4, 0.5) is 0 Å². The smallest absolute Gasteiger partial charge is 0.290 e. The molecular formula is C18H18N2O2. The van der Waals surface area contributed by atoms with Crippen LogP contribution < -0.4 is 0 Å². The van der Waals surface area contributed by atoms with E-state index in [2.05, 4.69) is 30.1 Å². The van der Waals surface area contributed by atoms with Gasteiger partial charge in [-0.3, -0.25) is 4.79 Å². The fourth-order valence-corrected chi connectivity index (χ4v) is 3.43. The average Bonchev–Trinajstić information content (AvgIpc) is 3.11. The Kier molecular flexibility index (Phi) is 2.86. The molecule has 22 heavy (non-hydrogen) atoms. The number of nitrogens with zero attached hydrogens (tertiary/aromatic N) is 1. The Hall–Kier alpha value is -2.49. The molecule has 3 aromatic rings. The molecule has 0 spiro atoms. The largest absolute Gasteiger partial charge is 0.459 e. The van der Waals surface area contributed by atoms with Gasteiger partial charge < -0.3 is 14.3 Å². The van der Waals surface area contributed by atoms with Crippen molar-refractivity contribution in [2.45, 2.75) is 26.3 Å². The van der Waals surface area contributed by atoms with Crippen molar-refractivity contribution < 1.29 is 9.21 Å². The third-order valence-electron chi connectivity index (χ3n) is 4.65. The van der Waals surface area contributed by atoms with Crippen LogP contribution in [0.15, 0.2) is 41.0 Å². The zero-order valence-corrected chi connectivity index (χ0v) is 12.7. The number of aryl methyl sites for hydroxylation is 1. The Bertz CT molecular complexity index is 859. The molecule has 0 radical (unpaired) electrons. The summed E-state index contributed by atoms with van der Waals surface area (Å²) in [6.45, 7) is 4.69. The molecule has 1 aromatic carbocycles. The molecule has 1 aliphatic rings. The monoisotopic (exact) mass is 294 g/mol. The topological polar surface area (TPSA) is 49.2 Å². The van der Waals surface area contributed by atoms with Gasteiger partial charge in [-0.2, -0.15) is 0 Å². The van der Waals surface area contributed by atoms with Crippen LogP contribution in [-0.2, 0) is 6.42 Å². The number of amides is 1. The third kappa shape index (κ3) is 1.80. The Labute approximate surface area is 128 Å². The molecule has 1 atom stereocenters. The number of H-pyrrole nitrogens is 1. The van der Waals surface area contributed by atoms with Crippen LogP contribution in [0.1, 0.15) is 40.3 Å². The van der Waals surface area contributed by atoms with Crippen LogP contribution in [0.25, 0.3) is 10.9 Å². The lowest BCUT2D eigenvalue weighted by atomic mass is 9.98. The molecule has 0 aliphatic carbocycles. The first kappa shape index (κ1) is 13.2. The maximum atomic E-state index is 12.7. The number of nitrogens with one attached hydrogen (secondary N) is 1. The molecule has 2 aromatic heterocycles. The number of hydrogen-bond acceptors (Lipinski definition) is 2. The predicted molar refractivity (Wildman–Crippen MR) is 84.9 cm³/mol. The van der Waals surface area contributed by atoms with E-state index < -0.39 is 0 Å². The molecule has 3 heterocycles. The first-order chi connectivity index (χ1) is 10.7. The van der Waals surface area contributed by atoms with E-state index in [1.54, 1.807) is 6.26 Å². The van der Waals surface area contributed by atoms with Crippen molar-refractivity contribution in [2.75, 3.05) is 6.54 Å². The van der Waals surface area contributed by atoms with E-state index in [0.717, 1.165) is 29.7 Å². The Morgan fingerprint density at radius 2 is 2.14 bits per heavy atom. The van der Waals surface area contributed by atoms with Crippen molar-refractivity contribution in [1.29, 1.82) is 0 Å². The van der Waals surface area contributed by atoms with Gasteiger partial charge in [0, 0.05) is 28.7 Å². The highest BCUT2D eigenvalue weighted by Gasteiger charge is 2.32. The van der Waals surface area contributed by atoms with Crippen molar-refractivity contribution in [3.8, 4) is 0 Å². The molecule has 0 saturated carbocycles. The Balaban J connectivity index is 1.74. The summed E-state index contributed by atoms with van der Waals surface area (Å²) in [5, 5.41) is 1.27. The summed E-state index contributed by atoms with van der Waals surface area (Å²) in [6, 6.07) is 10.2. The number of aromatic amines is 1. The Morgan fingerprint density at radius 3 is 2.91 bits per heavy atom. The summed E-state index contributed by atoms with van der Waals surface area (Å²) in [7, 11) is 0. The molecule has 1 aliphatic heterocycles. The fraction of sp³-hybridized carbons (Fsp3) is 0.278. The van der Waals surface area contributed by atoms with Gasteiger partial charge in [-0.15, -0.1) is 0 Å². The summed E-state index contributed by atoms with van der Waals surface area (Å²) in [4.78, 5) is 18.1. The van der Waals surface area contributed by atoms with Crippen molar-refractivity contribution in [1.82, 2.24) is 9.88 Å². The number of furan rings is 1. The standard InChI is InChI=1S/C18H18N2O2/c1-11-8-10-22-17(11)18(21)20-9-7-14-13-5-3-4-6-15(13)19-16(14)12(20)2/h3-6,8,10,12,19H,7,9H2,1-2H3. The molecule has 1 unspecified atom stereocenters. The van der Waals surface area contributed by atoms with Crippen molar-refractivity contribution in [2.24, 2.45) is 0 Å². The molecule has 4 rings (SSSR count). The van der Waals surface area contributed by atoms with Crippen LogP contribution in [0.3, 0.4) is 0 Å². The maximum Gasteiger partial charge on any atom is 0.290 e. The second kappa shape index (κ2) is 4.77. The van der Waals surface area contributed by atoms with Gasteiger partial charge in [0.25, 0.3) is 5.91 Å². The van der Waals surface area contributed by atoms with Gasteiger partial charge in [0.05, 0.1) is 12.3 Å². The first-order valence-electron chi connectivity index (χ1n) is 7.61. The van der Waals surface area contributed by atoms with Gasteiger partial charge in [-0.25, -0.2) is 0 Å². The number of carbonyl (C=O) groups excluding carboxylic acids is 1. The number of fused-ring (bicyclic) bond motifs is 3. The van der Waals surface area contributed by atoms with E-state index in [1.807, 2.05) is 24.0 Å². The molecule has 0 bridgehead atoms. The summed E-state index contributed by atoms with van der Waals surface area (Å²) >= 11 is 0. The second-order valence-electron chi connectivity index (χ2n) is 5.92. The molecule has 4 nitrogen and oxygen atoms in total. The zero-order chi connectivity index (χ0) is 15.3. The van der Waals surface area contributed by atoms with E-state index >= 15 is 0 Å². The number of benzene rings is 1.